The quantitative estimate of drug-likeness (QED) is 0.710. The van der Waals surface area contributed by atoms with E-state index < -0.39 is 17.0 Å². The Morgan fingerprint density at radius 2 is 1.92 bits per heavy atom. The first-order valence-electron chi connectivity index (χ1n) is 7.85. The van der Waals surface area contributed by atoms with Crippen LogP contribution in [0.15, 0.2) is 38.3 Å². The van der Waals surface area contributed by atoms with Gasteiger partial charge in [-0.15, -0.1) is 0 Å². The van der Waals surface area contributed by atoms with E-state index in [0.29, 0.717) is 6.54 Å². The highest BCUT2D eigenvalue weighted by molar-refractivity contribution is 9.10. The first-order chi connectivity index (χ1) is 11.7. The molecule has 8 heteroatoms. The van der Waals surface area contributed by atoms with Crippen LogP contribution in [0.5, 0.6) is 0 Å². The zero-order valence-electron chi connectivity index (χ0n) is 14.4. The van der Waals surface area contributed by atoms with Gasteiger partial charge in [0, 0.05) is 23.8 Å². The molecule has 2 rings (SSSR count). The van der Waals surface area contributed by atoms with Crippen LogP contribution in [0.25, 0.3) is 0 Å². The Bertz CT molecular complexity index is 915. The van der Waals surface area contributed by atoms with E-state index in [1.165, 1.54) is 11.6 Å². The lowest BCUT2D eigenvalue weighted by Gasteiger charge is -2.16. The third-order valence-electron chi connectivity index (χ3n) is 3.72. The van der Waals surface area contributed by atoms with E-state index in [1.807, 2.05) is 32.0 Å². The van der Waals surface area contributed by atoms with Gasteiger partial charge in [-0.2, -0.15) is 0 Å². The number of halogens is 1. The van der Waals surface area contributed by atoms with Gasteiger partial charge in [0.05, 0.1) is 6.54 Å². The summed E-state index contributed by atoms with van der Waals surface area (Å²) in [7, 11) is 1.35. The number of Topliss-reactive ketones (excluding diaryl/α,β-unsaturated/α-hetero) is 1. The van der Waals surface area contributed by atoms with Gasteiger partial charge in [-0.25, -0.2) is 4.79 Å². The number of hydrogen-bond acceptors (Lipinski definition) is 5. The van der Waals surface area contributed by atoms with Crippen LogP contribution in [0.3, 0.4) is 0 Å². The Balaban J connectivity index is 2.39. The van der Waals surface area contributed by atoms with Crippen LogP contribution in [0.1, 0.15) is 24.2 Å². The smallest absolute Gasteiger partial charge is 0.332 e. The van der Waals surface area contributed by atoms with Gasteiger partial charge in [-0.3, -0.25) is 18.7 Å². The van der Waals surface area contributed by atoms with Crippen LogP contribution in [0.2, 0.25) is 0 Å². The molecule has 25 heavy (non-hydrogen) atoms. The van der Waals surface area contributed by atoms with Crippen LogP contribution in [0, 0.1) is 5.92 Å². The fourth-order valence-corrected chi connectivity index (χ4v) is 2.88. The Kier molecular flexibility index (Phi) is 5.84. The number of aromatic nitrogens is 2. The summed E-state index contributed by atoms with van der Waals surface area (Å²) in [6.45, 7) is 4.07. The summed E-state index contributed by atoms with van der Waals surface area (Å²) in [6, 6.07) is 7.32. The number of benzene rings is 1. The van der Waals surface area contributed by atoms with Crippen molar-refractivity contribution < 1.29 is 4.79 Å². The van der Waals surface area contributed by atoms with Crippen LogP contribution in [-0.2, 0) is 13.6 Å². The second kappa shape index (κ2) is 7.69. The number of rotatable bonds is 6. The van der Waals surface area contributed by atoms with E-state index in [4.69, 9.17) is 5.73 Å². The third kappa shape index (κ3) is 4.01. The summed E-state index contributed by atoms with van der Waals surface area (Å²) in [5.41, 5.74) is 5.35. The molecule has 1 aromatic heterocycles. The molecule has 1 aromatic carbocycles. The molecule has 0 saturated carbocycles. The summed E-state index contributed by atoms with van der Waals surface area (Å²) in [4.78, 5) is 37.2. The number of ketones is 1. The third-order valence-corrected chi connectivity index (χ3v) is 4.41. The van der Waals surface area contributed by atoms with Crippen molar-refractivity contribution >= 4 is 33.2 Å². The average molecular weight is 409 g/mol. The highest BCUT2D eigenvalue weighted by atomic mass is 79.9. The zero-order chi connectivity index (χ0) is 18.7. The monoisotopic (exact) mass is 408 g/mol. The van der Waals surface area contributed by atoms with Gasteiger partial charge in [-0.05, 0) is 34.0 Å². The Hall–Kier alpha value is -2.35. The maximum absolute atomic E-state index is 12.6. The number of carbonyl (C=O) groups is 1. The summed E-state index contributed by atoms with van der Waals surface area (Å²) < 4.78 is 3.00. The van der Waals surface area contributed by atoms with Gasteiger partial charge in [-0.1, -0.05) is 26.0 Å². The van der Waals surface area contributed by atoms with Gasteiger partial charge < -0.3 is 11.1 Å². The van der Waals surface area contributed by atoms with Crippen LogP contribution < -0.4 is 22.3 Å². The summed E-state index contributed by atoms with van der Waals surface area (Å²) in [5.74, 6) is -0.411. The van der Waals surface area contributed by atoms with Gasteiger partial charge in [0.15, 0.2) is 5.78 Å². The first-order valence-corrected chi connectivity index (χ1v) is 8.64. The van der Waals surface area contributed by atoms with Crippen LogP contribution in [0.4, 0.5) is 11.5 Å². The molecule has 0 bridgehead atoms. The minimum Gasteiger partial charge on any atom is -0.384 e. The maximum atomic E-state index is 12.6. The van der Waals surface area contributed by atoms with Crippen molar-refractivity contribution in [3.63, 3.8) is 0 Å². The van der Waals surface area contributed by atoms with Crippen molar-refractivity contribution in [2.45, 2.75) is 20.4 Å². The highest BCUT2D eigenvalue weighted by Crippen LogP contribution is 2.21. The van der Waals surface area contributed by atoms with Crippen molar-refractivity contribution in [3.05, 3.63) is 55.1 Å². The van der Waals surface area contributed by atoms with E-state index >= 15 is 0 Å². The Labute approximate surface area is 153 Å². The second-order valence-corrected chi connectivity index (χ2v) is 7.02. The second-order valence-electron chi connectivity index (χ2n) is 6.17. The Morgan fingerprint density at radius 3 is 2.52 bits per heavy atom. The molecule has 0 atom stereocenters. The van der Waals surface area contributed by atoms with Crippen molar-refractivity contribution in [1.82, 2.24) is 9.13 Å². The number of para-hydroxylation sites is 1. The van der Waals surface area contributed by atoms with Crippen LogP contribution in [-0.4, -0.2) is 21.5 Å². The van der Waals surface area contributed by atoms with Gasteiger partial charge >= 0.3 is 5.69 Å². The minimum atomic E-state index is -0.679. The molecular formula is C17H21BrN4O3. The normalized spacial score (nSPS) is 10.9. The predicted octanol–water partition coefficient (Wildman–Crippen LogP) is 1.84. The molecule has 0 fully saturated rings. The fourth-order valence-electron chi connectivity index (χ4n) is 2.46. The molecule has 0 unspecified atom stereocenters. The molecule has 2 aromatic rings. The van der Waals surface area contributed by atoms with Crippen molar-refractivity contribution in [2.24, 2.45) is 13.0 Å². The molecule has 7 nitrogen and oxygen atoms in total. The number of nitrogens with one attached hydrogen (secondary N) is 1. The molecule has 134 valence electrons. The predicted molar refractivity (Wildman–Crippen MR) is 102 cm³/mol. The minimum absolute atomic E-state index is 0.0827. The average Bonchev–Trinajstić information content (AvgIpc) is 2.56. The molecule has 0 aliphatic rings. The van der Waals surface area contributed by atoms with Gasteiger partial charge in [0.1, 0.15) is 11.4 Å². The van der Waals surface area contributed by atoms with Crippen molar-refractivity contribution in [3.8, 4) is 0 Å². The number of hydrogen-bond donors (Lipinski definition) is 2. The topological polar surface area (TPSA) is 99.1 Å². The van der Waals surface area contributed by atoms with Crippen molar-refractivity contribution in [2.75, 3.05) is 17.6 Å². The molecular weight excluding hydrogens is 388 g/mol. The SMILES string of the molecule is CC(C)Cn1c(N)c(C(=O)CNc2ccccc2Br)c(=O)n(C)c1=O. The van der Waals surface area contributed by atoms with Gasteiger partial charge in [0.25, 0.3) is 5.56 Å². The molecule has 0 spiro atoms. The number of carbonyl (C=O) groups excluding carboxylic acids is 1. The number of anilines is 2. The fraction of sp³-hybridized carbons (Fsp3) is 0.353. The molecule has 0 radical (unpaired) electrons. The number of nitrogens with zero attached hydrogens (tertiary/aromatic N) is 2. The van der Waals surface area contributed by atoms with E-state index in [1.54, 1.807) is 6.07 Å². The lowest BCUT2D eigenvalue weighted by molar-refractivity contribution is 0.100. The van der Waals surface area contributed by atoms with Crippen LogP contribution >= 0.6 is 15.9 Å². The Morgan fingerprint density at radius 1 is 1.28 bits per heavy atom. The van der Waals surface area contributed by atoms with E-state index in [9.17, 15) is 14.4 Å². The van der Waals surface area contributed by atoms with Gasteiger partial charge in [0.2, 0.25) is 0 Å². The largest absolute Gasteiger partial charge is 0.384 e. The molecule has 1 heterocycles. The first kappa shape index (κ1) is 19.0. The standard InChI is InChI=1S/C17H21BrN4O3/c1-10(2)9-22-15(19)14(16(24)21(3)17(22)25)13(23)8-20-12-7-5-4-6-11(12)18/h4-7,10,20H,8-9,19H2,1-3H3. The molecule has 3 N–H and O–H groups in total. The van der Waals surface area contributed by atoms with Crippen molar-refractivity contribution in [1.29, 1.82) is 0 Å². The van der Waals surface area contributed by atoms with E-state index in [2.05, 4.69) is 21.2 Å². The summed E-state index contributed by atoms with van der Waals surface area (Å²) in [6.07, 6.45) is 0. The molecule has 0 aliphatic carbocycles. The highest BCUT2D eigenvalue weighted by Gasteiger charge is 2.21. The van der Waals surface area contributed by atoms with E-state index in [-0.39, 0.29) is 23.8 Å². The molecule has 0 saturated heterocycles. The zero-order valence-corrected chi connectivity index (χ0v) is 16.0. The molecule has 0 amide bonds. The summed E-state index contributed by atoms with van der Waals surface area (Å²) in [5, 5.41) is 2.97. The lowest BCUT2D eigenvalue weighted by Crippen LogP contribution is -2.43. The lowest BCUT2D eigenvalue weighted by atomic mass is 10.1. The van der Waals surface area contributed by atoms with E-state index in [0.717, 1.165) is 14.7 Å². The molecule has 0 aliphatic heterocycles. The number of nitrogen functional groups attached to an aromatic ring is 1. The summed E-state index contributed by atoms with van der Waals surface area (Å²) >= 11 is 3.38. The number of nitrogens with two attached hydrogens (primary N) is 1. The maximum Gasteiger partial charge on any atom is 0.332 e.